The molecule has 0 unspecified atom stereocenters. The number of alkyl halides is 1. The maximum absolute atomic E-state index is 11.1. The zero-order chi connectivity index (χ0) is 29.2. The predicted molar refractivity (Wildman–Crippen MR) is 172 cm³/mol. The minimum absolute atomic E-state index is 0.00981. The van der Waals surface area contributed by atoms with Gasteiger partial charge in [-0.3, -0.25) is 9.59 Å². The van der Waals surface area contributed by atoms with Gasteiger partial charge in [0.2, 0.25) is 0 Å². The van der Waals surface area contributed by atoms with E-state index in [4.69, 9.17) is 57.9 Å². The van der Waals surface area contributed by atoms with Crippen molar-refractivity contribution in [2.24, 2.45) is 0 Å². The van der Waals surface area contributed by atoms with Gasteiger partial charge in [-0.05, 0) is 42.5 Å². The van der Waals surface area contributed by atoms with Gasteiger partial charge < -0.3 is 11.5 Å². The van der Waals surface area contributed by atoms with Crippen molar-refractivity contribution in [2.45, 2.75) is 0 Å². The summed E-state index contributed by atoms with van der Waals surface area (Å²) in [5.74, 6) is 0.00981. The van der Waals surface area contributed by atoms with Crippen LogP contribution in [0.2, 0.25) is 20.1 Å². The highest BCUT2D eigenvalue weighted by Crippen LogP contribution is 2.34. The number of nitrogens with zero attached hydrogens (tertiary/aromatic N) is 1. The quantitative estimate of drug-likeness (QED) is 0.0855. The second-order valence-corrected chi connectivity index (χ2v) is 10.3. The van der Waals surface area contributed by atoms with Gasteiger partial charge in [-0.15, -0.1) is 0 Å². The first kappa shape index (κ1) is 31.4. The highest BCUT2D eigenvalue weighted by Gasteiger charge is 2.11. The molecule has 0 aliphatic rings. The van der Waals surface area contributed by atoms with E-state index in [0.29, 0.717) is 59.9 Å². The van der Waals surface area contributed by atoms with Crippen LogP contribution < -0.4 is 11.5 Å². The number of pyridine rings is 1. The lowest BCUT2D eigenvalue weighted by molar-refractivity contribution is 0.102. The van der Waals surface area contributed by atoms with E-state index < -0.39 is 0 Å². The molecule has 0 aliphatic carbocycles. The number of fused-ring (bicyclic) bond motifs is 1. The SMILES string of the molecule is Nc1c(Cl)cccc1C=O.Nc1cc2cccc(Cl)c2nc1-c1ccccc1Cl.O=C(CBr)c1ccccc1Cl. The number of halogens is 5. The number of carbonyl (C=O) groups excluding carboxylic acids is 2. The van der Waals surface area contributed by atoms with Crippen LogP contribution in [-0.4, -0.2) is 22.4 Å². The normalized spacial score (nSPS) is 10.1. The zero-order valence-electron chi connectivity index (χ0n) is 20.8. The molecule has 0 aliphatic heterocycles. The lowest BCUT2D eigenvalue weighted by atomic mass is 10.1. The van der Waals surface area contributed by atoms with Crippen molar-refractivity contribution in [2.75, 3.05) is 16.8 Å². The molecule has 1 aromatic heterocycles. The number of aromatic nitrogens is 1. The minimum atomic E-state index is 0.00981. The van der Waals surface area contributed by atoms with Gasteiger partial charge in [0, 0.05) is 22.1 Å². The van der Waals surface area contributed by atoms with E-state index in [1.54, 1.807) is 42.5 Å². The summed E-state index contributed by atoms with van der Waals surface area (Å²) >= 11 is 26.8. The molecule has 0 saturated carbocycles. The number of benzene rings is 4. The van der Waals surface area contributed by atoms with E-state index in [9.17, 15) is 9.59 Å². The Morgan fingerprint density at radius 3 is 2.00 bits per heavy atom. The van der Waals surface area contributed by atoms with Crippen LogP contribution in [0, 0.1) is 0 Å². The fourth-order valence-electron chi connectivity index (χ4n) is 3.46. The molecule has 5 rings (SSSR count). The molecule has 0 radical (unpaired) electrons. The lowest BCUT2D eigenvalue weighted by Gasteiger charge is -2.09. The molecule has 0 bridgehead atoms. The topological polar surface area (TPSA) is 99.1 Å². The first-order valence-electron chi connectivity index (χ1n) is 11.6. The molecule has 1 heterocycles. The number of para-hydroxylation sites is 2. The molecule has 0 spiro atoms. The van der Waals surface area contributed by atoms with Crippen molar-refractivity contribution >= 4 is 96.7 Å². The maximum atomic E-state index is 11.1. The van der Waals surface area contributed by atoms with E-state index in [2.05, 4.69) is 20.9 Å². The average Bonchev–Trinajstić information content (AvgIpc) is 2.95. The number of rotatable bonds is 4. The third-order valence-electron chi connectivity index (χ3n) is 5.46. The van der Waals surface area contributed by atoms with Gasteiger partial charge in [0.1, 0.15) is 0 Å². The average molecular weight is 678 g/mol. The van der Waals surface area contributed by atoms with Gasteiger partial charge in [0.25, 0.3) is 0 Å². The van der Waals surface area contributed by atoms with Gasteiger partial charge in [0.15, 0.2) is 12.1 Å². The number of nitrogen functional groups attached to an aromatic ring is 2. The van der Waals surface area contributed by atoms with Crippen LogP contribution in [0.25, 0.3) is 22.2 Å². The molecule has 5 nitrogen and oxygen atoms in total. The molecular weight excluding hydrogens is 656 g/mol. The number of ketones is 1. The molecule has 0 atom stereocenters. The highest BCUT2D eigenvalue weighted by molar-refractivity contribution is 9.09. The fraction of sp³-hybridized carbons (Fsp3) is 0.0333. The Morgan fingerprint density at radius 1 is 0.775 bits per heavy atom. The van der Waals surface area contributed by atoms with Crippen LogP contribution >= 0.6 is 62.3 Å². The summed E-state index contributed by atoms with van der Waals surface area (Å²) in [7, 11) is 0. The number of aldehydes is 1. The molecule has 4 N–H and O–H groups in total. The van der Waals surface area contributed by atoms with Crippen molar-refractivity contribution in [3.63, 3.8) is 0 Å². The number of hydrogen-bond acceptors (Lipinski definition) is 5. The molecule has 40 heavy (non-hydrogen) atoms. The number of nitrogens with two attached hydrogens (primary N) is 2. The van der Waals surface area contributed by atoms with E-state index in [-0.39, 0.29) is 5.78 Å². The van der Waals surface area contributed by atoms with Crippen molar-refractivity contribution in [3.05, 3.63) is 122 Å². The Hall–Kier alpha value is -3.13. The molecule has 4 aromatic carbocycles. The van der Waals surface area contributed by atoms with Crippen LogP contribution in [0.15, 0.2) is 91.0 Å². The number of anilines is 2. The Balaban J connectivity index is 0.000000180. The van der Waals surface area contributed by atoms with E-state index in [1.807, 2.05) is 48.5 Å². The van der Waals surface area contributed by atoms with Gasteiger partial charge in [-0.1, -0.05) is 111 Å². The van der Waals surface area contributed by atoms with Gasteiger partial charge in [-0.2, -0.15) is 0 Å². The summed E-state index contributed by atoms with van der Waals surface area (Å²) in [6.07, 6.45) is 0.682. The number of carbonyl (C=O) groups is 2. The zero-order valence-corrected chi connectivity index (χ0v) is 25.4. The van der Waals surface area contributed by atoms with Gasteiger partial charge >= 0.3 is 0 Å². The third kappa shape index (κ3) is 7.96. The van der Waals surface area contributed by atoms with Gasteiger partial charge in [0.05, 0.1) is 48.0 Å². The van der Waals surface area contributed by atoms with Crippen LogP contribution in [0.1, 0.15) is 20.7 Å². The van der Waals surface area contributed by atoms with Crippen LogP contribution in [-0.2, 0) is 0 Å². The second-order valence-electron chi connectivity index (χ2n) is 8.11. The van der Waals surface area contributed by atoms with Gasteiger partial charge in [-0.25, -0.2) is 4.98 Å². The molecule has 5 aromatic rings. The highest BCUT2D eigenvalue weighted by atomic mass is 79.9. The standard InChI is InChI=1S/C15H10Cl2N2.C8H6BrClO.C7H6ClNO/c16-11-6-2-1-5-10(11)15-13(18)8-9-4-3-7-12(17)14(9)19-15;9-5-8(11)6-3-1-2-4-7(6)10;8-6-3-1-2-5(4-10)7(6)9/h1-8H,18H2;1-4H,5H2;1-4H,9H2. The smallest absolute Gasteiger partial charge is 0.174 e. The number of hydrogen-bond donors (Lipinski definition) is 2. The van der Waals surface area contributed by atoms with Crippen LogP contribution in [0.5, 0.6) is 0 Å². The summed E-state index contributed by atoms with van der Waals surface area (Å²) in [5, 5.41) is 3.39. The molecular formula is C30H22BrCl4N3O2. The van der Waals surface area contributed by atoms with Crippen molar-refractivity contribution in [1.29, 1.82) is 0 Å². The first-order chi connectivity index (χ1) is 19.2. The number of Topliss-reactive ketones (excluding diaryl/α,β-unsaturated/α-hetero) is 1. The van der Waals surface area contributed by atoms with Crippen LogP contribution in [0.4, 0.5) is 11.4 Å². The summed E-state index contributed by atoms with van der Waals surface area (Å²) in [6.45, 7) is 0. The van der Waals surface area contributed by atoms with E-state index >= 15 is 0 Å². The predicted octanol–water partition coefficient (Wildman–Crippen LogP) is 9.44. The summed E-state index contributed by atoms with van der Waals surface area (Å²) < 4.78 is 0. The monoisotopic (exact) mass is 675 g/mol. The second kappa shape index (κ2) is 15.0. The van der Waals surface area contributed by atoms with Crippen molar-refractivity contribution in [3.8, 4) is 11.3 Å². The lowest BCUT2D eigenvalue weighted by Crippen LogP contribution is -1.99. The summed E-state index contributed by atoms with van der Waals surface area (Å²) in [5.41, 5.74) is 15.6. The maximum Gasteiger partial charge on any atom is 0.174 e. The largest absolute Gasteiger partial charge is 0.397 e. The molecule has 10 heteroatoms. The Labute approximate surface area is 260 Å². The van der Waals surface area contributed by atoms with Crippen molar-refractivity contribution < 1.29 is 9.59 Å². The minimum Gasteiger partial charge on any atom is -0.397 e. The van der Waals surface area contributed by atoms with E-state index in [1.165, 1.54) is 0 Å². The Bertz CT molecular complexity index is 1660. The first-order valence-corrected chi connectivity index (χ1v) is 14.2. The molecule has 204 valence electrons. The fourth-order valence-corrected chi connectivity index (χ4v) is 4.64. The molecule has 0 saturated heterocycles. The Morgan fingerprint density at radius 2 is 1.38 bits per heavy atom. The Kier molecular flexibility index (Phi) is 11.8. The van der Waals surface area contributed by atoms with Crippen molar-refractivity contribution in [1.82, 2.24) is 4.98 Å². The van der Waals surface area contributed by atoms with Crippen LogP contribution in [0.3, 0.4) is 0 Å². The molecule has 0 fully saturated rings. The molecule has 0 amide bonds. The third-order valence-corrected chi connectivity index (χ3v) is 7.27. The summed E-state index contributed by atoms with van der Waals surface area (Å²) in [6, 6.07) is 26.9. The van der Waals surface area contributed by atoms with E-state index in [0.717, 1.165) is 16.5 Å². The summed E-state index contributed by atoms with van der Waals surface area (Å²) in [4.78, 5) is 25.9.